The molecule has 5 rings (SSSR count). The second-order valence-corrected chi connectivity index (χ2v) is 16.2. The SMILES string of the molecule is C[Si]1(C)c2ccccc2N(c2ccc(/C=C3/C(=O)N=C([Se])NC3=O)[te]2)c2ccccc21. The van der Waals surface area contributed by atoms with E-state index in [1.807, 2.05) is 6.07 Å². The third-order valence-corrected chi connectivity index (χ3v) is 12.5. The summed E-state index contributed by atoms with van der Waals surface area (Å²) in [6.45, 7) is 4.81. The van der Waals surface area contributed by atoms with Gasteiger partial charge in [-0.05, 0) is 0 Å². The molecule has 0 fully saturated rings. The summed E-state index contributed by atoms with van der Waals surface area (Å²) < 4.78 is 2.50. The van der Waals surface area contributed by atoms with Crippen molar-refractivity contribution in [2.75, 3.05) is 4.90 Å². The van der Waals surface area contributed by atoms with E-state index in [2.05, 4.69) is 98.9 Å². The molecule has 0 aliphatic carbocycles. The first kappa shape index (κ1) is 20.7. The monoisotopic (exact) mass is 606 g/mol. The molecule has 1 N–H and O–H groups in total. The zero-order valence-electron chi connectivity index (χ0n) is 16.9. The summed E-state index contributed by atoms with van der Waals surface area (Å²) in [6.07, 6.45) is 1.71. The van der Waals surface area contributed by atoms with Gasteiger partial charge in [-0.2, -0.15) is 0 Å². The Morgan fingerprint density at radius 1 is 0.968 bits per heavy atom. The molecular weight excluding hydrogens is 585 g/mol. The normalized spacial score (nSPS) is 18.3. The molecule has 0 saturated heterocycles. The van der Waals surface area contributed by atoms with E-state index < -0.39 is 40.3 Å². The van der Waals surface area contributed by atoms with Crippen LogP contribution in [-0.4, -0.2) is 61.1 Å². The van der Waals surface area contributed by atoms with E-state index in [1.165, 1.54) is 25.5 Å². The number of aliphatic imine (C=N–C) groups is 1. The fourth-order valence-electron chi connectivity index (χ4n) is 4.16. The number of nitrogens with one attached hydrogen (secondary N) is 1. The molecule has 2 aromatic carbocycles. The van der Waals surface area contributed by atoms with Gasteiger partial charge in [-0.3, -0.25) is 0 Å². The number of para-hydroxylation sites is 2. The molecule has 0 bridgehead atoms. The maximum absolute atomic E-state index is 12.2. The van der Waals surface area contributed by atoms with E-state index in [-0.39, 0.29) is 10.3 Å². The molecule has 5 nitrogen and oxygen atoms in total. The van der Waals surface area contributed by atoms with Gasteiger partial charge in [0, 0.05) is 0 Å². The maximum atomic E-state index is 12.2. The summed E-state index contributed by atoms with van der Waals surface area (Å²) in [5.41, 5.74) is 2.59. The fourth-order valence-corrected chi connectivity index (χ4v) is 10.3. The number of fused-ring (bicyclic) bond motifs is 2. The van der Waals surface area contributed by atoms with Crippen LogP contribution in [0.15, 0.2) is 71.2 Å². The molecule has 8 heteroatoms. The molecule has 1 radical (unpaired) electrons. The minimum atomic E-state index is -1.80. The van der Waals surface area contributed by atoms with Gasteiger partial charge in [-0.25, -0.2) is 0 Å². The number of carbonyl (C=O) groups excluding carboxylic acids is 2. The predicted molar refractivity (Wildman–Crippen MR) is 129 cm³/mol. The van der Waals surface area contributed by atoms with Gasteiger partial charge in [-0.15, -0.1) is 0 Å². The fraction of sp³-hybridized carbons (Fsp3) is 0.0870. The quantitative estimate of drug-likeness (QED) is 0.277. The van der Waals surface area contributed by atoms with Crippen LogP contribution in [0.5, 0.6) is 0 Å². The van der Waals surface area contributed by atoms with Crippen molar-refractivity contribution in [1.82, 2.24) is 5.32 Å². The Balaban J connectivity index is 1.62. The van der Waals surface area contributed by atoms with Crippen molar-refractivity contribution in [1.29, 1.82) is 0 Å². The third kappa shape index (κ3) is 3.49. The molecule has 3 heterocycles. The number of carbonyl (C=O) groups is 2. The van der Waals surface area contributed by atoms with E-state index in [9.17, 15) is 9.59 Å². The zero-order chi connectivity index (χ0) is 21.8. The van der Waals surface area contributed by atoms with E-state index in [4.69, 9.17) is 0 Å². The number of amides is 2. The summed E-state index contributed by atoms with van der Waals surface area (Å²) in [7, 11) is -1.80. The molecule has 2 aliphatic heterocycles. The molecule has 0 unspecified atom stereocenters. The molecule has 0 spiro atoms. The van der Waals surface area contributed by atoms with Gasteiger partial charge in [0.1, 0.15) is 0 Å². The number of hydrogen-bond donors (Lipinski definition) is 1. The molecule has 2 amide bonds. The van der Waals surface area contributed by atoms with Crippen LogP contribution in [0.1, 0.15) is 3.58 Å². The summed E-state index contributed by atoms with van der Waals surface area (Å²) >= 11 is 1.78. The molecule has 1 aromatic heterocycles. The summed E-state index contributed by atoms with van der Waals surface area (Å²) in [4.78, 5) is 30.7. The topological polar surface area (TPSA) is 61.8 Å². The van der Waals surface area contributed by atoms with Crippen molar-refractivity contribution >= 4 is 92.6 Å². The second kappa shape index (κ2) is 7.74. The van der Waals surface area contributed by atoms with E-state index >= 15 is 0 Å². The van der Waals surface area contributed by atoms with Crippen molar-refractivity contribution in [3.05, 3.63) is 69.8 Å². The van der Waals surface area contributed by atoms with Crippen LogP contribution in [-0.2, 0) is 9.59 Å². The molecule has 3 aromatic rings. The Kier molecular flexibility index (Phi) is 5.16. The number of hydrogen-bond acceptors (Lipinski definition) is 3. The van der Waals surface area contributed by atoms with Crippen LogP contribution >= 0.6 is 0 Å². The van der Waals surface area contributed by atoms with E-state index in [1.54, 1.807) is 6.08 Å². The van der Waals surface area contributed by atoms with Gasteiger partial charge < -0.3 is 0 Å². The van der Waals surface area contributed by atoms with Crippen LogP contribution in [0.4, 0.5) is 15.1 Å². The van der Waals surface area contributed by atoms with Crippen LogP contribution in [0.3, 0.4) is 0 Å². The Hall–Kier alpha value is -2.20. The summed E-state index contributed by atoms with van der Waals surface area (Å²) in [6, 6.07) is 21.5. The standard InChI is InChI=1S/C23H18N3O2SeSiTe/c1-30(2)18-9-5-3-7-16(18)26(17-8-4-6-10-19(17)30)20-12-11-14(31-20)13-15-21(27)24-23(29)25-22(15)28/h3-13H,1-2H3,(H,24,25,27,28). The van der Waals surface area contributed by atoms with Gasteiger partial charge in [0.25, 0.3) is 0 Å². The molecular formula is C23H18N3O2SeSiTe. The molecule has 0 saturated carbocycles. The third-order valence-electron chi connectivity index (χ3n) is 5.65. The predicted octanol–water partition coefficient (Wildman–Crippen LogP) is 1.91. The Labute approximate surface area is 199 Å². The Bertz CT molecular complexity index is 1260. The number of amidine groups is 1. The Morgan fingerprint density at radius 3 is 2.19 bits per heavy atom. The van der Waals surface area contributed by atoms with Crippen molar-refractivity contribution < 1.29 is 9.59 Å². The van der Waals surface area contributed by atoms with E-state index in [0.717, 1.165) is 3.58 Å². The van der Waals surface area contributed by atoms with E-state index in [0.29, 0.717) is 0 Å². The van der Waals surface area contributed by atoms with Gasteiger partial charge in [-0.1, -0.05) is 0 Å². The molecule has 2 aliphatic rings. The van der Waals surface area contributed by atoms with Gasteiger partial charge in [0.2, 0.25) is 0 Å². The average Bonchev–Trinajstić information content (AvgIpc) is 3.19. The first-order valence-electron chi connectivity index (χ1n) is 9.78. The summed E-state index contributed by atoms with van der Waals surface area (Å²) in [5, 5.41) is 5.43. The van der Waals surface area contributed by atoms with Gasteiger partial charge in [0.15, 0.2) is 0 Å². The van der Waals surface area contributed by atoms with Crippen molar-refractivity contribution in [2.24, 2.45) is 4.99 Å². The second-order valence-electron chi connectivity index (χ2n) is 7.90. The van der Waals surface area contributed by atoms with Crippen LogP contribution in [0.2, 0.25) is 13.1 Å². The van der Waals surface area contributed by atoms with Crippen LogP contribution in [0, 0.1) is 0 Å². The number of rotatable bonds is 2. The van der Waals surface area contributed by atoms with Crippen molar-refractivity contribution in [2.45, 2.75) is 13.1 Å². The van der Waals surface area contributed by atoms with Gasteiger partial charge >= 0.3 is 200 Å². The zero-order valence-corrected chi connectivity index (χ0v) is 21.9. The molecule has 0 atom stereocenters. The minimum absolute atomic E-state index is 0.0954. The van der Waals surface area contributed by atoms with Crippen molar-refractivity contribution in [3.63, 3.8) is 0 Å². The number of nitrogens with zero attached hydrogens (tertiary/aromatic N) is 2. The Morgan fingerprint density at radius 2 is 1.58 bits per heavy atom. The molecule has 153 valence electrons. The molecule has 31 heavy (non-hydrogen) atoms. The number of benzene rings is 2. The van der Waals surface area contributed by atoms with Crippen molar-refractivity contribution in [3.8, 4) is 0 Å². The first-order chi connectivity index (χ1) is 14.9. The number of anilines is 3. The summed E-state index contributed by atoms with van der Waals surface area (Å²) in [5.74, 6) is -0.905. The van der Waals surface area contributed by atoms with Gasteiger partial charge in [0.05, 0.1) is 0 Å². The van der Waals surface area contributed by atoms with Crippen LogP contribution in [0.25, 0.3) is 6.08 Å². The average molecular weight is 603 g/mol. The van der Waals surface area contributed by atoms with Crippen LogP contribution < -0.4 is 20.6 Å². The first-order valence-corrected chi connectivity index (χ1v) is 16.0.